The summed E-state index contributed by atoms with van der Waals surface area (Å²) in [5.41, 5.74) is 5.19. The van der Waals surface area contributed by atoms with Gasteiger partial charge in [-0.05, 0) is 12.5 Å². The number of nitrogens with one attached hydrogen (secondary N) is 1. The minimum Gasteiger partial charge on any atom is -0.493 e. The minimum absolute atomic E-state index is 0.522. The Labute approximate surface area is 124 Å². The average Bonchev–Trinajstić information content (AvgIpc) is 2.52. The molecule has 0 fully saturated rings. The largest absolute Gasteiger partial charge is 0.493 e. The van der Waals surface area contributed by atoms with Crippen molar-refractivity contribution in [2.24, 2.45) is 5.84 Å². The van der Waals surface area contributed by atoms with Crippen molar-refractivity contribution in [2.45, 2.75) is 19.8 Å². The van der Waals surface area contributed by atoms with Gasteiger partial charge in [-0.15, -0.1) is 0 Å². The molecule has 1 aromatic heterocycles. The summed E-state index contributed by atoms with van der Waals surface area (Å²) < 4.78 is 16.3. The van der Waals surface area contributed by atoms with Gasteiger partial charge >= 0.3 is 0 Å². The molecule has 0 radical (unpaired) electrons. The maximum atomic E-state index is 5.66. The second kappa shape index (κ2) is 6.49. The van der Waals surface area contributed by atoms with Crippen molar-refractivity contribution >= 4 is 16.6 Å². The molecule has 0 spiro atoms. The molecule has 21 heavy (non-hydrogen) atoms. The highest BCUT2D eigenvalue weighted by Crippen LogP contribution is 2.45. The van der Waals surface area contributed by atoms with Crippen LogP contribution in [0.5, 0.6) is 17.2 Å². The smallest absolute Gasteiger partial charge is 0.204 e. The Morgan fingerprint density at radius 2 is 1.81 bits per heavy atom. The van der Waals surface area contributed by atoms with Gasteiger partial charge < -0.3 is 19.6 Å². The predicted octanol–water partition coefficient (Wildman–Crippen LogP) is 2.50. The van der Waals surface area contributed by atoms with Crippen molar-refractivity contribution in [1.82, 2.24) is 4.98 Å². The number of methoxy groups -OCH3 is 3. The van der Waals surface area contributed by atoms with Gasteiger partial charge in [0.1, 0.15) is 0 Å². The summed E-state index contributed by atoms with van der Waals surface area (Å²) in [7, 11) is 4.73. The highest BCUT2D eigenvalue weighted by atomic mass is 16.5. The number of nitrogens with zero attached hydrogens (tertiary/aromatic N) is 1. The van der Waals surface area contributed by atoms with Gasteiger partial charge in [0.2, 0.25) is 5.75 Å². The molecule has 0 amide bonds. The SMILES string of the molecule is CCCc1cc(NN)c2c(OC)c(OC)c(OC)cc2n1. The van der Waals surface area contributed by atoms with Crippen molar-refractivity contribution in [1.29, 1.82) is 0 Å². The van der Waals surface area contributed by atoms with Gasteiger partial charge in [-0.2, -0.15) is 0 Å². The summed E-state index contributed by atoms with van der Waals surface area (Å²) in [5, 5.41) is 0.775. The van der Waals surface area contributed by atoms with Crippen LogP contribution in [-0.2, 0) is 6.42 Å². The van der Waals surface area contributed by atoms with Crippen LogP contribution in [-0.4, -0.2) is 26.3 Å². The first kappa shape index (κ1) is 15.2. The van der Waals surface area contributed by atoms with E-state index in [0.717, 1.165) is 35.1 Å². The van der Waals surface area contributed by atoms with E-state index < -0.39 is 0 Å². The molecule has 0 aliphatic carbocycles. The number of rotatable bonds is 6. The molecular weight excluding hydrogens is 270 g/mol. The van der Waals surface area contributed by atoms with E-state index >= 15 is 0 Å². The van der Waals surface area contributed by atoms with E-state index in [1.807, 2.05) is 12.1 Å². The minimum atomic E-state index is 0.522. The molecular formula is C15H21N3O3. The van der Waals surface area contributed by atoms with Gasteiger partial charge in [0.15, 0.2) is 11.5 Å². The van der Waals surface area contributed by atoms with E-state index in [1.54, 1.807) is 21.3 Å². The fourth-order valence-electron chi connectivity index (χ4n) is 2.42. The third kappa shape index (κ3) is 2.67. The molecule has 6 heteroatoms. The molecule has 0 unspecified atom stereocenters. The molecule has 3 N–H and O–H groups in total. The fraction of sp³-hybridized carbons (Fsp3) is 0.400. The maximum Gasteiger partial charge on any atom is 0.204 e. The third-order valence-electron chi connectivity index (χ3n) is 3.32. The van der Waals surface area contributed by atoms with Crippen molar-refractivity contribution in [3.8, 4) is 17.2 Å². The van der Waals surface area contributed by atoms with Gasteiger partial charge in [0.25, 0.3) is 0 Å². The van der Waals surface area contributed by atoms with Crippen molar-refractivity contribution < 1.29 is 14.2 Å². The third-order valence-corrected chi connectivity index (χ3v) is 3.32. The molecule has 0 bridgehead atoms. The van der Waals surface area contributed by atoms with Crippen molar-refractivity contribution in [3.05, 3.63) is 17.8 Å². The zero-order valence-electron chi connectivity index (χ0n) is 12.8. The Hall–Kier alpha value is -2.21. The molecule has 0 aliphatic heterocycles. The molecule has 0 saturated heterocycles. The van der Waals surface area contributed by atoms with Crippen LogP contribution in [0.3, 0.4) is 0 Å². The summed E-state index contributed by atoms with van der Waals surface area (Å²) in [6.07, 6.45) is 1.88. The lowest BCUT2D eigenvalue weighted by atomic mass is 10.1. The van der Waals surface area contributed by atoms with Gasteiger partial charge in [-0.3, -0.25) is 10.8 Å². The molecule has 0 atom stereocenters. The number of pyridine rings is 1. The van der Waals surface area contributed by atoms with E-state index in [9.17, 15) is 0 Å². The maximum absolute atomic E-state index is 5.66. The van der Waals surface area contributed by atoms with Crippen LogP contribution in [0.25, 0.3) is 10.9 Å². The summed E-state index contributed by atoms with van der Waals surface area (Å²) in [6, 6.07) is 3.76. The highest BCUT2D eigenvalue weighted by molar-refractivity contribution is 6.00. The Bertz CT molecular complexity index is 644. The standard InChI is InChI=1S/C15H21N3O3/c1-5-6-9-7-11(18-16)13-10(17-9)8-12(19-2)14(20-3)15(13)21-4/h7-8H,5-6,16H2,1-4H3,(H,17,18). The first-order valence-corrected chi connectivity index (χ1v) is 6.79. The topological polar surface area (TPSA) is 78.6 Å². The number of nitrogen functional groups attached to an aromatic ring is 1. The van der Waals surface area contributed by atoms with Gasteiger partial charge in [-0.25, -0.2) is 0 Å². The van der Waals surface area contributed by atoms with Crippen LogP contribution in [0, 0.1) is 0 Å². The zero-order valence-corrected chi connectivity index (χ0v) is 12.8. The second-order valence-corrected chi connectivity index (χ2v) is 4.59. The summed E-state index contributed by atoms with van der Waals surface area (Å²) in [6.45, 7) is 2.11. The molecule has 2 aromatic rings. The van der Waals surface area contributed by atoms with Crippen LogP contribution in [0.2, 0.25) is 0 Å². The monoisotopic (exact) mass is 291 g/mol. The number of fused-ring (bicyclic) bond motifs is 1. The number of nitrogens with two attached hydrogens (primary N) is 1. The van der Waals surface area contributed by atoms with Crippen LogP contribution >= 0.6 is 0 Å². The van der Waals surface area contributed by atoms with E-state index in [-0.39, 0.29) is 0 Å². The summed E-state index contributed by atoms with van der Waals surface area (Å²) in [5.74, 6) is 7.31. The Morgan fingerprint density at radius 1 is 1.10 bits per heavy atom. The lowest BCUT2D eigenvalue weighted by Crippen LogP contribution is -2.09. The van der Waals surface area contributed by atoms with Gasteiger partial charge in [0.05, 0.1) is 37.9 Å². The number of hydrogen-bond acceptors (Lipinski definition) is 6. The summed E-state index contributed by atoms with van der Waals surface area (Å²) in [4.78, 5) is 4.66. The average molecular weight is 291 g/mol. The van der Waals surface area contributed by atoms with Crippen molar-refractivity contribution in [2.75, 3.05) is 26.8 Å². The lowest BCUT2D eigenvalue weighted by molar-refractivity contribution is 0.327. The number of anilines is 1. The number of aryl methyl sites for hydroxylation is 1. The molecule has 0 saturated carbocycles. The van der Waals surface area contributed by atoms with Crippen LogP contribution in [0.1, 0.15) is 19.0 Å². The molecule has 2 rings (SSSR count). The normalized spacial score (nSPS) is 10.5. The zero-order chi connectivity index (χ0) is 15.4. The number of aromatic nitrogens is 1. The van der Waals surface area contributed by atoms with Gasteiger partial charge in [0, 0.05) is 11.8 Å². The van der Waals surface area contributed by atoms with E-state index in [1.165, 1.54) is 0 Å². The van der Waals surface area contributed by atoms with E-state index in [0.29, 0.717) is 17.2 Å². The van der Waals surface area contributed by atoms with E-state index in [2.05, 4.69) is 17.3 Å². The molecule has 0 aliphatic rings. The molecule has 114 valence electrons. The van der Waals surface area contributed by atoms with Crippen LogP contribution in [0.15, 0.2) is 12.1 Å². The first-order chi connectivity index (χ1) is 10.2. The number of benzene rings is 1. The Kier molecular flexibility index (Phi) is 4.70. The highest BCUT2D eigenvalue weighted by Gasteiger charge is 2.19. The van der Waals surface area contributed by atoms with Gasteiger partial charge in [-0.1, -0.05) is 13.3 Å². The second-order valence-electron chi connectivity index (χ2n) is 4.59. The summed E-state index contributed by atoms with van der Waals surface area (Å²) >= 11 is 0. The van der Waals surface area contributed by atoms with Crippen LogP contribution in [0.4, 0.5) is 5.69 Å². The molecule has 1 heterocycles. The van der Waals surface area contributed by atoms with Crippen LogP contribution < -0.4 is 25.5 Å². The first-order valence-electron chi connectivity index (χ1n) is 6.79. The predicted molar refractivity (Wildman–Crippen MR) is 83.2 cm³/mol. The quantitative estimate of drug-likeness (QED) is 0.629. The van der Waals surface area contributed by atoms with E-state index in [4.69, 9.17) is 20.1 Å². The lowest BCUT2D eigenvalue weighted by Gasteiger charge is -2.17. The fourth-order valence-corrected chi connectivity index (χ4v) is 2.42. The molecule has 1 aromatic carbocycles. The Morgan fingerprint density at radius 3 is 2.33 bits per heavy atom. The number of hydrazine groups is 1. The number of ether oxygens (including phenoxy) is 3. The van der Waals surface area contributed by atoms with Crippen molar-refractivity contribution in [3.63, 3.8) is 0 Å². The molecule has 6 nitrogen and oxygen atoms in total. The Balaban J connectivity index is 2.83. The number of hydrogen-bond donors (Lipinski definition) is 2.